The van der Waals surface area contributed by atoms with Crippen molar-refractivity contribution in [1.82, 2.24) is 20.6 Å². The molecule has 4 amide bonds. The Morgan fingerprint density at radius 1 is 0.559 bits per heavy atom. The number of amidine groups is 3. The summed E-state index contributed by atoms with van der Waals surface area (Å²) in [5, 5.41) is 30.0. The highest BCUT2D eigenvalue weighted by molar-refractivity contribution is 8.14. The summed E-state index contributed by atoms with van der Waals surface area (Å²) in [6.45, 7) is 12.9. The van der Waals surface area contributed by atoms with Gasteiger partial charge in [0.25, 0.3) is 11.8 Å². The summed E-state index contributed by atoms with van der Waals surface area (Å²) in [6.07, 6.45) is 5.39. The van der Waals surface area contributed by atoms with Gasteiger partial charge < -0.3 is 41.0 Å². The highest BCUT2D eigenvalue weighted by Gasteiger charge is 2.55. The van der Waals surface area contributed by atoms with Crippen molar-refractivity contribution in [3.8, 4) is 12.1 Å². The first kappa shape index (κ1) is 69.1. The van der Waals surface area contributed by atoms with E-state index in [1.54, 1.807) is 80.0 Å². The van der Waals surface area contributed by atoms with Gasteiger partial charge in [-0.2, -0.15) is 10.5 Å². The zero-order valence-corrected chi connectivity index (χ0v) is 55.3. The van der Waals surface area contributed by atoms with E-state index in [9.17, 15) is 28.0 Å². The molecule has 3 aromatic carbocycles. The number of alkyl carbamates (subject to hydrolysis) is 2. The maximum Gasteiger partial charge on any atom is 0.413 e. The molecule has 5 heterocycles. The van der Waals surface area contributed by atoms with Crippen LogP contribution in [0, 0.1) is 63.8 Å². The van der Waals surface area contributed by atoms with Crippen LogP contribution in [0.25, 0.3) is 0 Å². The Kier molecular flexibility index (Phi) is 21.2. The molecule has 0 spiro atoms. The number of amides is 4. The Bertz CT molecular complexity index is 3840. The number of pyridine rings is 2. The zero-order valence-electron chi connectivity index (χ0n) is 52.9. The molecular formula is C66H74F3N13O8S3. The molecule has 2 aromatic heterocycles. The van der Waals surface area contributed by atoms with Crippen molar-refractivity contribution in [2.75, 3.05) is 47.8 Å². The lowest BCUT2D eigenvalue weighted by molar-refractivity contribution is 0.0552. The van der Waals surface area contributed by atoms with Gasteiger partial charge in [-0.25, -0.2) is 32.7 Å². The van der Waals surface area contributed by atoms with Crippen LogP contribution >= 0.6 is 35.3 Å². The van der Waals surface area contributed by atoms with Gasteiger partial charge in [0.2, 0.25) is 0 Å². The average Bonchev–Trinajstić information content (AvgIpc) is 1.67. The van der Waals surface area contributed by atoms with Gasteiger partial charge in [0.15, 0.2) is 15.5 Å². The number of nitriles is 2. The number of carbonyl (C=O) groups excluding carboxylic acids is 4. The maximum atomic E-state index is 15.4. The summed E-state index contributed by atoms with van der Waals surface area (Å²) >= 11 is 4.33. The van der Waals surface area contributed by atoms with Crippen molar-refractivity contribution in [1.29, 1.82) is 10.5 Å². The number of nitrogens with zero attached hydrogens (tertiary/aromatic N) is 7. The summed E-state index contributed by atoms with van der Waals surface area (Å²) < 4.78 is 66.9. The van der Waals surface area contributed by atoms with Gasteiger partial charge in [-0.05, 0) is 158 Å². The number of aliphatic imine (C=N–C) groups is 3. The van der Waals surface area contributed by atoms with Crippen LogP contribution in [0.15, 0.2) is 106 Å². The van der Waals surface area contributed by atoms with E-state index in [0.717, 1.165) is 30.8 Å². The van der Waals surface area contributed by atoms with E-state index in [0.29, 0.717) is 91.3 Å². The van der Waals surface area contributed by atoms with E-state index in [1.807, 2.05) is 12.1 Å². The highest BCUT2D eigenvalue weighted by Crippen LogP contribution is 2.56. The molecule has 6 aliphatic rings. The van der Waals surface area contributed by atoms with Gasteiger partial charge in [-0.1, -0.05) is 42.2 Å². The van der Waals surface area contributed by atoms with Crippen LogP contribution in [0.4, 0.5) is 39.8 Å². The average molecular weight is 1330 g/mol. The molecule has 21 nitrogen and oxygen atoms in total. The van der Waals surface area contributed by atoms with Gasteiger partial charge in [0, 0.05) is 102 Å². The standard InChI is InChI=1S/C26H28FN5O4S.C21H20FN5O2S.C19H26FN3O2S/c1-25(2,3)36-24(34)31-23-32-26(11-18(35-4)9-16(26)14-37-23)19-10-17(6-7-20(19)27)30-22(33)21-8-5-15(12-28)13-29-21;1-29-15-6-13-11-30-20(24)27-21(13,8-15)16-7-14(3-4-17(16)22)26-19(28)18-5-2-12(9-23)10-25-18;1-11-7-12-10-26-16(22-17(24)25-18(2,3)4)23-19(12,9-11)14-8-13(21)5-6-15(14)20/h5-8,10,13,16,18H,9,11,14H2,1-4H3,(H,30,33)(H,31,32,34);2-5,7,10,13,15H,6,8,11H2,1H3,(H2,24,27)(H,26,28);5-6,8,11-12H,7,9-10,21H2,1-4H3,(H,22,23,24)/t16-,18-,26-;13-,15-,21-;11-,12-,19-/m000/s1. The van der Waals surface area contributed by atoms with Crippen LogP contribution in [0.1, 0.15) is 136 Å². The Morgan fingerprint density at radius 3 is 1.39 bits per heavy atom. The van der Waals surface area contributed by atoms with Crippen LogP contribution in [0.5, 0.6) is 0 Å². The summed E-state index contributed by atoms with van der Waals surface area (Å²) in [4.78, 5) is 72.2. The molecule has 0 saturated heterocycles. The second kappa shape index (κ2) is 28.6. The van der Waals surface area contributed by atoms with Gasteiger partial charge in [-0.15, -0.1) is 0 Å². The van der Waals surface area contributed by atoms with E-state index >= 15 is 4.39 Å². The number of hydrogen-bond donors (Lipinski definition) is 6. The number of aromatic nitrogens is 2. The van der Waals surface area contributed by atoms with Gasteiger partial charge >= 0.3 is 12.2 Å². The van der Waals surface area contributed by atoms with Crippen molar-refractivity contribution >= 4 is 91.9 Å². The molecule has 490 valence electrons. The number of fused-ring (bicyclic) bond motifs is 3. The van der Waals surface area contributed by atoms with E-state index in [2.05, 4.69) is 43.2 Å². The number of anilines is 3. The molecule has 11 rings (SSSR count). The third-order valence-corrected chi connectivity index (χ3v) is 19.7. The Labute approximate surface area is 550 Å². The first-order valence-corrected chi connectivity index (χ1v) is 33.0. The smallest absolute Gasteiger partial charge is 0.413 e. The van der Waals surface area contributed by atoms with Crippen LogP contribution in [-0.4, -0.2) is 104 Å². The van der Waals surface area contributed by atoms with Gasteiger partial charge in [0.05, 0.1) is 40.0 Å². The fourth-order valence-corrected chi connectivity index (χ4v) is 16.0. The SMILES string of the molecule is CO[C@H]1C[C@H]2CSC(N)=N[C@@]2(c2cc(NC(=O)c3ccc(C#N)cn3)ccc2F)C1.CO[C@H]1C[C@H]2CSC(NC(=O)OC(C)(C)C)=N[C@@]2(c2cc(NC(=O)c3ccc(C#N)cn3)ccc2F)C1.C[C@H]1C[C@H]2CSC(NC(=O)OC(C)(C)C)=N[C@@]2(c2cc(N)ccc2F)C1. The molecule has 93 heavy (non-hydrogen) atoms. The molecule has 3 aliphatic heterocycles. The van der Waals surface area contributed by atoms with Crippen molar-refractivity contribution in [3.63, 3.8) is 0 Å². The Morgan fingerprint density at radius 2 is 0.968 bits per heavy atom. The largest absolute Gasteiger partial charge is 0.444 e. The number of thioether (sulfide) groups is 3. The molecule has 3 aliphatic carbocycles. The topological polar surface area (TPSA) is 316 Å². The third-order valence-electron chi connectivity index (χ3n) is 16.7. The lowest BCUT2D eigenvalue weighted by atomic mass is 9.81. The van der Waals surface area contributed by atoms with E-state index in [4.69, 9.17) is 50.9 Å². The quantitative estimate of drug-likeness (QED) is 0.0747. The van der Waals surface area contributed by atoms with E-state index in [1.165, 1.54) is 102 Å². The number of carbonyl (C=O) groups is 4. The van der Waals surface area contributed by atoms with Crippen molar-refractivity contribution in [2.45, 2.75) is 127 Å². The van der Waals surface area contributed by atoms with Crippen LogP contribution < -0.4 is 32.7 Å². The minimum Gasteiger partial charge on any atom is -0.444 e. The summed E-state index contributed by atoms with van der Waals surface area (Å²) in [5.41, 5.74) is 11.7. The molecule has 27 heteroatoms. The summed E-state index contributed by atoms with van der Waals surface area (Å²) in [6, 6.07) is 23.3. The Balaban J connectivity index is 0.000000167. The van der Waals surface area contributed by atoms with Crippen LogP contribution in [0.2, 0.25) is 0 Å². The molecule has 5 aromatic rings. The number of nitrogens with one attached hydrogen (secondary N) is 4. The second-order valence-electron chi connectivity index (χ2n) is 25.6. The number of nitrogen functional groups attached to an aromatic ring is 1. The minimum atomic E-state index is -0.992. The Hall–Kier alpha value is -8.21. The van der Waals surface area contributed by atoms with Crippen molar-refractivity contribution in [3.05, 3.63) is 148 Å². The molecule has 0 unspecified atom stereocenters. The highest BCUT2D eigenvalue weighted by atomic mass is 32.2. The molecule has 9 atom stereocenters. The first-order valence-electron chi connectivity index (χ1n) is 30.1. The summed E-state index contributed by atoms with van der Waals surface area (Å²) in [5.74, 6) is 0.667. The monoisotopic (exact) mass is 1330 g/mol. The molecule has 3 saturated carbocycles. The normalized spacial score (nSPS) is 25.1. The number of nitrogens with two attached hydrogens (primary N) is 2. The predicted molar refractivity (Wildman–Crippen MR) is 354 cm³/mol. The fraction of sp³-hybridized carbons (Fsp3) is 0.439. The van der Waals surface area contributed by atoms with Crippen LogP contribution in [0.3, 0.4) is 0 Å². The molecule has 3 fully saturated rings. The van der Waals surface area contributed by atoms with Gasteiger partial charge in [-0.3, -0.25) is 35.2 Å². The maximum absolute atomic E-state index is 15.4. The molecule has 0 radical (unpaired) electrons. The van der Waals surface area contributed by atoms with Crippen molar-refractivity contribution < 1.29 is 51.3 Å². The van der Waals surface area contributed by atoms with Gasteiger partial charge in [0.1, 0.15) is 52.2 Å². The van der Waals surface area contributed by atoms with Crippen molar-refractivity contribution in [2.24, 2.45) is 44.4 Å². The number of hydrogen-bond acceptors (Lipinski definition) is 20. The van der Waals surface area contributed by atoms with E-state index in [-0.39, 0.29) is 47.2 Å². The number of rotatable bonds is 9. The number of ether oxygens (including phenoxy) is 4. The van der Waals surface area contributed by atoms with Crippen LogP contribution in [-0.2, 0) is 35.6 Å². The van der Waals surface area contributed by atoms with E-state index < -0.39 is 63.5 Å². The molecule has 8 N–H and O–H groups in total. The number of benzene rings is 3. The number of halogens is 3. The number of methoxy groups -OCH3 is 2. The molecule has 0 bridgehead atoms. The zero-order chi connectivity index (χ0) is 67.2. The first-order chi connectivity index (χ1) is 44.1. The molecular weight excluding hydrogens is 1260 g/mol. The minimum absolute atomic E-state index is 0.0363. The predicted octanol–water partition coefficient (Wildman–Crippen LogP) is 11.9. The summed E-state index contributed by atoms with van der Waals surface area (Å²) in [7, 11) is 3.26. The third kappa shape index (κ3) is 16.2. The second-order valence-corrected chi connectivity index (χ2v) is 28.7. The lowest BCUT2D eigenvalue weighted by Crippen LogP contribution is -2.42. The lowest BCUT2D eigenvalue weighted by Gasteiger charge is -2.37. The fourth-order valence-electron chi connectivity index (χ4n) is 12.7.